The summed E-state index contributed by atoms with van der Waals surface area (Å²) >= 11 is 0. The van der Waals surface area contributed by atoms with Crippen LogP contribution in [-0.4, -0.2) is 53.4 Å². The molecule has 0 N–H and O–H groups in total. The van der Waals surface area contributed by atoms with E-state index < -0.39 is 0 Å². The smallest absolute Gasteiger partial charge is 0.306 e. The van der Waals surface area contributed by atoms with Crippen LogP contribution in [0, 0.1) is 5.82 Å². The highest BCUT2D eigenvalue weighted by Gasteiger charge is 2.22. The highest BCUT2D eigenvalue weighted by Crippen LogP contribution is 2.17. The van der Waals surface area contributed by atoms with E-state index in [4.69, 9.17) is 14.0 Å². The van der Waals surface area contributed by atoms with Crippen molar-refractivity contribution in [3.63, 3.8) is 0 Å². The van der Waals surface area contributed by atoms with Gasteiger partial charge in [-0.2, -0.15) is 4.98 Å². The number of rotatable bonds is 8. The van der Waals surface area contributed by atoms with Crippen molar-refractivity contribution in [3.8, 4) is 11.4 Å². The SMILES string of the molecule is O=C(CCc1nc(-c2ccc(F)cc2)no1)OCC1CN(Cc2ccccc2)CCO1. The fourth-order valence-electron chi connectivity index (χ4n) is 3.41. The predicted molar refractivity (Wildman–Crippen MR) is 110 cm³/mol. The zero-order chi connectivity index (χ0) is 21.5. The van der Waals surface area contributed by atoms with Gasteiger partial charge in [0, 0.05) is 31.6 Å². The van der Waals surface area contributed by atoms with Gasteiger partial charge in [-0.3, -0.25) is 9.69 Å². The van der Waals surface area contributed by atoms with Gasteiger partial charge in [-0.15, -0.1) is 0 Å². The number of carbonyl (C=O) groups is 1. The highest BCUT2D eigenvalue weighted by atomic mass is 19.1. The Morgan fingerprint density at radius 3 is 2.77 bits per heavy atom. The van der Waals surface area contributed by atoms with Gasteiger partial charge in [0.25, 0.3) is 0 Å². The third-order valence-electron chi connectivity index (χ3n) is 5.02. The number of hydrogen-bond acceptors (Lipinski definition) is 7. The van der Waals surface area contributed by atoms with Crippen LogP contribution < -0.4 is 0 Å². The van der Waals surface area contributed by atoms with E-state index in [1.807, 2.05) is 18.2 Å². The molecule has 0 radical (unpaired) electrons. The van der Waals surface area contributed by atoms with E-state index in [0.717, 1.165) is 13.1 Å². The van der Waals surface area contributed by atoms with E-state index in [9.17, 15) is 9.18 Å². The minimum atomic E-state index is -0.342. The molecule has 0 bridgehead atoms. The Balaban J connectivity index is 1.19. The Hall–Kier alpha value is -3.10. The van der Waals surface area contributed by atoms with Crippen molar-refractivity contribution in [1.82, 2.24) is 15.0 Å². The average molecular weight is 425 g/mol. The van der Waals surface area contributed by atoms with Gasteiger partial charge < -0.3 is 14.0 Å². The van der Waals surface area contributed by atoms with Crippen LogP contribution >= 0.6 is 0 Å². The molecule has 0 amide bonds. The molecule has 3 aromatic rings. The maximum absolute atomic E-state index is 13.0. The zero-order valence-electron chi connectivity index (χ0n) is 17.1. The number of halogens is 1. The number of benzene rings is 2. The molecule has 7 nitrogen and oxygen atoms in total. The first kappa shape index (κ1) is 21.1. The Morgan fingerprint density at radius 2 is 1.97 bits per heavy atom. The second kappa shape index (κ2) is 10.3. The van der Waals surface area contributed by atoms with Gasteiger partial charge in [0.2, 0.25) is 11.7 Å². The van der Waals surface area contributed by atoms with E-state index in [0.29, 0.717) is 30.4 Å². The molecule has 1 atom stereocenters. The number of aryl methyl sites for hydroxylation is 1. The van der Waals surface area contributed by atoms with Crippen molar-refractivity contribution in [2.75, 3.05) is 26.3 Å². The molecule has 8 heteroatoms. The molecule has 0 aliphatic carbocycles. The van der Waals surface area contributed by atoms with Crippen molar-refractivity contribution in [2.24, 2.45) is 0 Å². The fourth-order valence-corrected chi connectivity index (χ4v) is 3.41. The van der Waals surface area contributed by atoms with E-state index in [-0.39, 0.29) is 37.3 Å². The van der Waals surface area contributed by atoms with Crippen molar-refractivity contribution >= 4 is 5.97 Å². The summed E-state index contributed by atoms with van der Waals surface area (Å²) in [7, 11) is 0. The van der Waals surface area contributed by atoms with Crippen LogP contribution in [0.3, 0.4) is 0 Å². The number of esters is 1. The molecule has 4 rings (SSSR count). The normalized spacial score (nSPS) is 16.9. The number of ether oxygens (including phenoxy) is 2. The number of morpholine rings is 1. The van der Waals surface area contributed by atoms with Crippen LogP contribution in [0.15, 0.2) is 59.1 Å². The Kier molecular flexibility index (Phi) is 7.01. The first-order valence-corrected chi connectivity index (χ1v) is 10.3. The number of carbonyl (C=O) groups excluding carboxylic acids is 1. The number of nitrogens with zero attached hydrogens (tertiary/aromatic N) is 3. The second-order valence-electron chi connectivity index (χ2n) is 7.42. The molecule has 0 spiro atoms. The molecule has 0 saturated carbocycles. The van der Waals surface area contributed by atoms with Gasteiger partial charge >= 0.3 is 5.97 Å². The third-order valence-corrected chi connectivity index (χ3v) is 5.02. The maximum Gasteiger partial charge on any atom is 0.306 e. The summed E-state index contributed by atoms with van der Waals surface area (Å²) < 4.78 is 29.3. The molecule has 1 aliphatic rings. The summed E-state index contributed by atoms with van der Waals surface area (Å²) in [6.07, 6.45) is 0.263. The van der Waals surface area contributed by atoms with Gasteiger partial charge in [0.05, 0.1) is 13.0 Å². The fraction of sp³-hybridized carbons (Fsp3) is 0.348. The molecule has 31 heavy (non-hydrogen) atoms. The van der Waals surface area contributed by atoms with Crippen molar-refractivity contribution in [1.29, 1.82) is 0 Å². The van der Waals surface area contributed by atoms with Crippen LogP contribution in [0.5, 0.6) is 0 Å². The maximum atomic E-state index is 13.0. The minimum Gasteiger partial charge on any atom is -0.463 e. The molecule has 1 aromatic heterocycles. The lowest BCUT2D eigenvalue weighted by atomic mass is 10.2. The van der Waals surface area contributed by atoms with Crippen LogP contribution in [0.25, 0.3) is 11.4 Å². The lowest BCUT2D eigenvalue weighted by Crippen LogP contribution is -2.44. The van der Waals surface area contributed by atoms with Crippen LogP contribution in [-0.2, 0) is 27.2 Å². The van der Waals surface area contributed by atoms with Gasteiger partial charge in [0.1, 0.15) is 18.5 Å². The Bertz CT molecular complexity index is 978. The summed E-state index contributed by atoms with van der Waals surface area (Å²) in [6, 6.07) is 16.1. The third kappa shape index (κ3) is 6.19. The molecular formula is C23H24FN3O4. The molecular weight excluding hydrogens is 401 g/mol. The summed E-state index contributed by atoms with van der Waals surface area (Å²) in [5, 5.41) is 3.87. The summed E-state index contributed by atoms with van der Waals surface area (Å²) in [5.74, 6) is 0.0161. The van der Waals surface area contributed by atoms with Gasteiger partial charge in [-0.1, -0.05) is 35.5 Å². The van der Waals surface area contributed by atoms with Gasteiger partial charge in [-0.25, -0.2) is 4.39 Å². The number of hydrogen-bond donors (Lipinski definition) is 0. The van der Waals surface area contributed by atoms with Crippen molar-refractivity contribution in [2.45, 2.75) is 25.5 Å². The monoisotopic (exact) mass is 425 g/mol. The largest absolute Gasteiger partial charge is 0.463 e. The quantitative estimate of drug-likeness (QED) is 0.513. The first-order valence-electron chi connectivity index (χ1n) is 10.3. The van der Waals surface area contributed by atoms with E-state index in [1.54, 1.807) is 12.1 Å². The molecule has 1 unspecified atom stereocenters. The molecule has 1 fully saturated rings. The lowest BCUT2D eigenvalue weighted by Gasteiger charge is -2.32. The topological polar surface area (TPSA) is 77.7 Å². The van der Waals surface area contributed by atoms with Crippen molar-refractivity contribution < 1.29 is 23.2 Å². The molecule has 2 heterocycles. The summed E-state index contributed by atoms with van der Waals surface area (Å²) in [6.45, 7) is 3.25. The average Bonchev–Trinajstić information content (AvgIpc) is 3.27. The van der Waals surface area contributed by atoms with E-state index in [2.05, 4.69) is 27.2 Å². The first-order chi connectivity index (χ1) is 15.2. The Morgan fingerprint density at radius 1 is 1.16 bits per heavy atom. The minimum absolute atomic E-state index is 0.130. The molecule has 1 aliphatic heterocycles. The summed E-state index contributed by atoms with van der Waals surface area (Å²) in [5.41, 5.74) is 1.90. The highest BCUT2D eigenvalue weighted by molar-refractivity contribution is 5.69. The Labute approximate surface area is 179 Å². The van der Waals surface area contributed by atoms with Crippen LogP contribution in [0.1, 0.15) is 17.9 Å². The molecule has 2 aromatic carbocycles. The van der Waals surface area contributed by atoms with E-state index >= 15 is 0 Å². The predicted octanol–water partition coefficient (Wildman–Crippen LogP) is 3.25. The van der Waals surface area contributed by atoms with E-state index in [1.165, 1.54) is 17.7 Å². The molecule has 1 saturated heterocycles. The zero-order valence-corrected chi connectivity index (χ0v) is 17.1. The number of aromatic nitrogens is 2. The molecule has 162 valence electrons. The van der Waals surface area contributed by atoms with Crippen LogP contribution in [0.2, 0.25) is 0 Å². The summed E-state index contributed by atoms with van der Waals surface area (Å²) in [4.78, 5) is 18.7. The van der Waals surface area contributed by atoms with Crippen molar-refractivity contribution in [3.05, 3.63) is 71.9 Å². The van der Waals surface area contributed by atoms with Gasteiger partial charge in [0.15, 0.2) is 0 Å². The van der Waals surface area contributed by atoms with Crippen LogP contribution in [0.4, 0.5) is 4.39 Å². The van der Waals surface area contributed by atoms with Gasteiger partial charge in [-0.05, 0) is 29.8 Å². The lowest BCUT2D eigenvalue weighted by molar-refractivity contribution is -0.150. The standard InChI is InChI=1S/C23H24FN3O4/c24-19-8-6-18(7-9-19)23-25-21(31-26-23)10-11-22(28)30-16-20-15-27(12-13-29-20)14-17-4-2-1-3-5-17/h1-9,20H,10-16H2. The second-order valence-corrected chi connectivity index (χ2v) is 7.42.